The lowest BCUT2D eigenvalue weighted by molar-refractivity contribution is 0.0260. The Hall–Kier alpha value is -1.88. The molecule has 1 fully saturated rings. The second kappa shape index (κ2) is 7.39. The van der Waals surface area contributed by atoms with E-state index in [-0.39, 0.29) is 23.8 Å². The first-order chi connectivity index (χ1) is 12.6. The lowest BCUT2D eigenvalue weighted by atomic mass is 9.84. The lowest BCUT2D eigenvalue weighted by Gasteiger charge is -2.20. The molecule has 0 bridgehead atoms. The standard InChI is InChI=1S/C21H25NO3S/c1-13-19-16(11-14(12-17(19)23)18-9-6-10-26-18)22-20(13)21(24)25-15-7-4-2-3-5-8-15/h6,9-10,14-15,22H,2-5,7-8,11-12H2,1H3/t14-/m1/s1. The molecule has 0 aromatic carbocycles. The minimum absolute atomic E-state index is 0.0132. The van der Waals surface area contributed by atoms with Crippen molar-refractivity contribution >= 4 is 23.1 Å². The summed E-state index contributed by atoms with van der Waals surface area (Å²) in [5.74, 6) is 0.0370. The summed E-state index contributed by atoms with van der Waals surface area (Å²) >= 11 is 1.69. The highest BCUT2D eigenvalue weighted by molar-refractivity contribution is 7.10. The van der Waals surface area contributed by atoms with Crippen LogP contribution in [-0.2, 0) is 11.2 Å². The van der Waals surface area contributed by atoms with Gasteiger partial charge in [0.25, 0.3) is 0 Å². The summed E-state index contributed by atoms with van der Waals surface area (Å²) in [5, 5.41) is 2.05. The molecule has 2 aliphatic rings. The number of ketones is 1. The number of fused-ring (bicyclic) bond motifs is 1. The Bertz CT molecular complexity index is 798. The summed E-state index contributed by atoms with van der Waals surface area (Å²) in [6.07, 6.45) is 7.90. The Labute approximate surface area is 158 Å². The van der Waals surface area contributed by atoms with Crippen LogP contribution in [0.1, 0.15) is 87.8 Å². The lowest BCUT2D eigenvalue weighted by Crippen LogP contribution is -2.18. The van der Waals surface area contributed by atoms with E-state index in [1.54, 1.807) is 11.3 Å². The molecule has 5 heteroatoms. The fourth-order valence-corrected chi connectivity index (χ4v) is 5.16. The first-order valence-corrected chi connectivity index (χ1v) is 10.5. The van der Waals surface area contributed by atoms with Crippen molar-refractivity contribution in [3.05, 3.63) is 44.9 Å². The number of hydrogen-bond acceptors (Lipinski definition) is 4. The first kappa shape index (κ1) is 17.5. The molecule has 0 radical (unpaired) electrons. The summed E-state index contributed by atoms with van der Waals surface area (Å²) < 4.78 is 5.77. The summed E-state index contributed by atoms with van der Waals surface area (Å²) in [6, 6.07) is 4.11. The van der Waals surface area contributed by atoms with Gasteiger partial charge >= 0.3 is 5.97 Å². The molecule has 0 saturated heterocycles. The number of aromatic amines is 1. The van der Waals surface area contributed by atoms with E-state index < -0.39 is 0 Å². The number of carbonyl (C=O) groups excluding carboxylic acids is 2. The molecule has 2 aromatic rings. The van der Waals surface area contributed by atoms with E-state index in [1.807, 2.05) is 18.4 Å². The molecule has 0 unspecified atom stereocenters. The van der Waals surface area contributed by atoms with Gasteiger partial charge in [0.15, 0.2) is 5.78 Å². The number of esters is 1. The molecule has 2 aromatic heterocycles. The molecule has 0 aliphatic heterocycles. The van der Waals surface area contributed by atoms with E-state index in [0.717, 1.165) is 43.4 Å². The number of rotatable bonds is 3. The van der Waals surface area contributed by atoms with E-state index in [0.29, 0.717) is 17.7 Å². The first-order valence-electron chi connectivity index (χ1n) is 9.62. The van der Waals surface area contributed by atoms with Gasteiger partial charge in [-0.05, 0) is 56.0 Å². The molecule has 138 valence electrons. The predicted octanol–water partition coefficient (Wildman–Crippen LogP) is 5.18. The van der Waals surface area contributed by atoms with E-state index >= 15 is 0 Å². The fraction of sp³-hybridized carbons (Fsp3) is 0.524. The highest BCUT2D eigenvalue weighted by Crippen LogP contribution is 2.37. The predicted molar refractivity (Wildman–Crippen MR) is 102 cm³/mol. The third-order valence-electron chi connectivity index (χ3n) is 5.71. The number of hydrogen-bond donors (Lipinski definition) is 1. The van der Waals surface area contributed by atoms with Crippen LogP contribution in [0.15, 0.2) is 17.5 Å². The topological polar surface area (TPSA) is 59.2 Å². The third kappa shape index (κ3) is 3.37. The molecule has 1 N–H and O–H groups in total. The maximum absolute atomic E-state index is 12.7. The monoisotopic (exact) mass is 371 g/mol. The zero-order valence-corrected chi connectivity index (χ0v) is 16.0. The van der Waals surface area contributed by atoms with Crippen LogP contribution in [0.3, 0.4) is 0 Å². The molecule has 1 atom stereocenters. The van der Waals surface area contributed by atoms with Crippen LogP contribution in [0, 0.1) is 6.92 Å². The van der Waals surface area contributed by atoms with Crippen molar-refractivity contribution in [1.82, 2.24) is 4.98 Å². The molecular formula is C21H25NO3S. The molecule has 2 heterocycles. The molecule has 4 rings (SSSR count). The molecule has 4 nitrogen and oxygen atoms in total. The number of aromatic nitrogens is 1. The van der Waals surface area contributed by atoms with Crippen molar-refractivity contribution in [2.75, 3.05) is 0 Å². The largest absolute Gasteiger partial charge is 0.458 e. The van der Waals surface area contributed by atoms with E-state index in [4.69, 9.17) is 4.74 Å². The zero-order valence-electron chi connectivity index (χ0n) is 15.2. The van der Waals surface area contributed by atoms with Crippen LogP contribution >= 0.6 is 11.3 Å². The number of Topliss-reactive ketones (excluding diaryl/α,β-unsaturated/α-hetero) is 1. The number of nitrogens with one attached hydrogen (secondary N) is 1. The van der Waals surface area contributed by atoms with E-state index in [9.17, 15) is 9.59 Å². The Balaban J connectivity index is 1.55. The number of H-pyrrole nitrogens is 1. The average molecular weight is 372 g/mol. The van der Waals surface area contributed by atoms with E-state index in [2.05, 4.69) is 11.1 Å². The van der Waals surface area contributed by atoms with Crippen molar-refractivity contribution in [3.8, 4) is 0 Å². The minimum Gasteiger partial charge on any atom is -0.458 e. The molecule has 1 saturated carbocycles. The quantitative estimate of drug-likeness (QED) is 0.597. The minimum atomic E-state index is -0.302. The Morgan fingerprint density at radius 3 is 2.65 bits per heavy atom. The third-order valence-corrected chi connectivity index (χ3v) is 6.75. The van der Waals surface area contributed by atoms with Gasteiger partial charge in [0, 0.05) is 28.5 Å². The van der Waals surface area contributed by atoms with Crippen LogP contribution in [0.25, 0.3) is 0 Å². The number of ether oxygens (including phenoxy) is 1. The summed E-state index contributed by atoms with van der Waals surface area (Å²) in [7, 11) is 0. The molecule has 2 aliphatic carbocycles. The van der Waals surface area contributed by atoms with Gasteiger partial charge in [0.05, 0.1) is 0 Å². The maximum atomic E-state index is 12.7. The smallest absolute Gasteiger partial charge is 0.355 e. The molecule has 26 heavy (non-hydrogen) atoms. The normalized spacial score (nSPS) is 21.3. The van der Waals surface area contributed by atoms with Gasteiger partial charge in [-0.25, -0.2) is 4.79 Å². The van der Waals surface area contributed by atoms with Crippen LogP contribution < -0.4 is 0 Å². The van der Waals surface area contributed by atoms with Crippen LogP contribution in [0.2, 0.25) is 0 Å². The molecular weight excluding hydrogens is 346 g/mol. The van der Waals surface area contributed by atoms with Crippen LogP contribution in [0.5, 0.6) is 0 Å². The van der Waals surface area contributed by atoms with Gasteiger partial charge < -0.3 is 9.72 Å². The van der Waals surface area contributed by atoms with Gasteiger partial charge in [0.2, 0.25) is 0 Å². The SMILES string of the molecule is Cc1c(C(=O)OC2CCCCCC2)[nH]c2c1C(=O)C[C@H](c1cccs1)C2. The summed E-state index contributed by atoms with van der Waals surface area (Å²) in [4.78, 5) is 29.9. The molecule has 0 amide bonds. The van der Waals surface area contributed by atoms with Gasteiger partial charge in [-0.3, -0.25) is 4.79 Å². The van der Waals surface area contributed by atoms with Crippen molar-refractivity contribution in [1.29, 1.82) is 0 Å². The second-order valence-electron chi connectivity index (χ2n) is 7.54. The Morgan fingerprint density at radius 2 is 1.96 bits per heavy atom. The van der Waals surface area contributed by atoms with Gasteiger partial charge in [-0.2, -0.15) is 0 Å². The Morgan fingerprint density at radius 1 is 1.19 bits per heavy atom. The maximum Gasteiger partial charge on any atom is 0.355 e. The van der Waals surface area contributed by atoms with E-state index in [1.165, 1.54) is 17.7 Å². The van der Waals surface area contributed by atoms with Gasteiger partial charge in [-0.15, -0.1) is 11.3 Å². The van der Waals surface area contributed by atoms with Crippen LogP contribution in [0.4, 0.5) is 0 Å². The van der Waals surface area contributed by atoms with Gasteiger partial charge in [-0.1, -0.05) is 18.9 Å². The number of thiophene rings is 1. The highest BCUT2D eigenvalue weighted by Gasteiger charge is 2.33. The number of carbonyl (C=O) groups is 2. The molecule has 0 spiro atoms. The van der Waals surface area contributed by atoms with Crippen molar-refractivity contribution in [2.24, 2.45) is 0 Å². The average Bonchev–Trinajstić information content (AvgIpc) is 3.18. The fourth-order valence-electron chi connectivity index (χ4n) is 4.33. The van der Waals surface area contributed by atoms with Crippen molar-refractivity contribution in [2.45, 2.75) is 70.3 Å². The zero-order chi connectivity index (χ0) is 18.1. The summed E-state index contributed by atoms with van der Waals surface area (Å²) in [5.41, 5.74) is 2.84. The Kier molecular flexibility index (Phi) is 4.98. The second-order valence-corrected chi connectivity index (χ2v) is 8.52. The highest BCUT2D eigenvalue weighted by atomic mass is 32.1. The van der Waals surface area contributed by atoms with Gasteiger partial charge in [0.1, 0.15) is 11.8 Å². The summed E-state index contributed by atoms with van der Waals surface area (Å²) in [6.45, 7) is 1.86. The van der Waals surface area contributed by atoms with Crippen LogP contribution in [-0.4, -0.2) is 22.8 Å². The van der Waals surface area contributed by atoms with Crippen molar-refractivity contribution < 1.29 is 14.3 Å². The van der Waals surface area contributed by atoms with Crippen molar-refractivity contribution in [3.63, 3.8) is 0 Å².